The minimum absolute atomic E-state index is 0.0150. The van der Waals surface area contributed by atoms with Gasteiger partial charge in [-0.05, 0) is 44.1 Å². The van der Waals surface area contributed by atoms with Crippen LogP contribution in [0.25, 0.3) is 0 Å². The molecular weight excluding hydrogens is 336 g/mol. The number of furan rings is 1. The van der Waals surface area contributed by atoms with Gasteiger partial charge in [0.2, 0.25) is 0 Å². The van der Waals surface area contributed by atoms with Gasteiger partial charge in [0.1, 0.15) is 17.1 Å². The van der Waals surface area contributed by atoms with E-state index in [1.807, 2.05) is 23.3 Å². The van der Waals surface area contributed by atoms with Crippen molar-refractivity contribution in [3.63, 3.8) is 0 Å². The molecule has 0 saturated carbocycles. The topological polar surface area (TPSA) is 71.3 Å². The molecule has 1 fully saturated rings. The molecule has 0 spiro atoms. The van der Waals surface area contributed by atoms with E-state index in [0.29, 0.717) is 29.1 Å². The third-order valence-electron chi connectivity index (χ3n) is 4.55. The zero-order chi connectivity index (χ0) is 17.6. The molecule has 1 aliphatic heterocycles. The minimum Gasteiger partial charge on any atom is -0.467 e. The molecule has 2 aromatic heterocycles. The summed E-state index contributed by atoms with van der Waals surface area (Å²) in [5, 5.41) is 3.88. The van der Waals surface area contributed by atoms with Crippen molar-refractivity contribution in [2.75, 3.05) is 18.1 Å². The maximum absolute atomic E-state index is 13.1. The number of carbonyl (C=O) groups excluding carboxylic acids is 1. The minimum atomic E-state index is 0.0150. The van der Waals surface area contributed by atoms with Crippen LogP contribution in [0, 0.1) is 0 Å². The molecule has 0 aromatic carbocycles. The molecule has 1 N–H and O–H groups in total. The van der Waals surface area contributed by atoms with Crippen LogP contribution in [-0.2, 0) is 6.54 Å². The van der Waals surface area contributed by atoms with Crippen molar-refractivity contribution in [1.29, 1.82) is 0 Å². The van der Waals surface area contributed by atoms with Gasteiger partial charge in [-0.1, -0.05) is 18.7 Å². The quantitative estimate of drug-likeness (QED) is 0.624. The van der Waals surface area contributed by atoms with E-state index >= 15 is 0 Å². The predicted molar refractivity (Wildman–Crippen MR) is 98.8 cm³/mol. The summed E-state index contributed by atoms with van der Waals surface area (Å²) < 4.78 is 5.36. The first-order chi connectivity index (χ1) is 12.2. The zero-order valence-electron chi connectivity index (χ0n) is 14.7. The van der Waals surface area contributed by atoms with Crippen molar-refractivity contribution in [2.45, 2.75) is 50.4 Å². The van der Waals surface area contributed by atoms with Gasteiger partial charge in [0, 0.05) is 18.8 Å². The number of carbonyl (C=O) groups is 1. The largest absolute Gasteiger partial charge is 0.467 e. The van der Waals surface area contributed by atoms with Gasteiger partial charge < -0.3 is 14.6 Å². The lowest BCUT2D eigenvalue weighted by Gasteiger charge is -2.35. The standard InChI is InChI=1S/C18H24N4O2S/c1-3-13-7-4-5-9-22(13)17(23)15-12-20-18(25-2)21-16(15)19-11-14-8-6-10-24-14/h6,8,10,12-13H,3-5,7,9,11H2,1-2H3,(H,19,20,21). The molecule has 3 heterocycles. The van der Waals surface area contributed by atoms with Crippen LogP contribution in [0.5, 0.6) is 0 Å². The Balaban J connectivity index is 1.84. The lowest BCUT2D eigenvalue weighted by molar-refractivity contribution is 0.0608. The number of likely N-dealkylation sites (tertiary alicyclic amines) is 1. The van der Waals surface area contributed by atoms with E-state index in [4.69, 9.17) is 4.42 Å². The Hall–Kier alpha value is -2.02. The molecule has 1 amide bonds. The highest BCUT2D eigenvalue weighted by Crippen LogP contribution is 2.25. The van der Waals surface area contributed by atoms with Gasteiger partial charge in [0.15, 0.2) is 5.16 Å². The summed E-state index contributed by atoms with van der Waals surface area (Å²) in [6.07, 6.45) is 9.49. The molecule has 2 aromatic rings. The molecule has 7 heteroatoms. The first kappa shape index (κ1) is 17.8. The summed E-state index contributed by atoms with van der Waals surface area (Å²) in [6, 6.07) is 4.04. The number of piperidine rings is 1. The van der Waals surface area contributed by atoms with E-state index in [1.54, 1.807) is 12.5 Å². The second kappa shape index (κ2) is 8.38. The highest BCUT2D eigenvalue weighted by atomic mass is 32.2. The summed E-state index contributed by atoms with van der Waals surface area (Å²) in [5.74, 6) is 1.38. The Bertz CT molecular complexity index is 705. The molecule has 0 aliphatic carbocycles. The summed E-state index contributed by atoms with van der Waals surface area (Å²) in [4.78, 5) is 23.9. The van der Waals surface area contributed by atoms with Gasteiger partial charge >= 0.3 is 0 Å². The summed E-state index contributed by atoms with van der Waals surface area (Å²) >= 11 is 1.46. The highest BCUT2D eigenvalue weighted by Gasteiger charge is 2.28. The Morgan fingerprint density at radius 2 is 2.36 bits per heavy atom. The molecule has 1 saturated heterocycles. The molecule has 134 valence electrons. The molecule has 1 atom stereocenters. The fourth-order valence-electron chi connectivity index (χ4n) is 3.19. The summed E-state index contributed by atoms with van der Waals surface area (Å²) in [5.41, 5.74) is 0.532. The van der Waals surface area contributed by atoms with E-state index in [2.05, 4.69) is 22.2 Å². The molecular formula is C18H24N4O2S. The smallest absolute Gasteiger partial charge is 0.259 e. The first-order valence-electron chi connectivity index (χ1n) is 8.71. The zero-order valence-corrected chi connectivity index (χ0v) is 15.5. The lowest BCUT2D eigenvalue weighted by atomic mass is 9.99. The average Bonchev–Trinajstić information content (AvgIpc) is 3.19. The van der Waals surface area contributed by atoms with Crippen molar-refractivity contribution in [2.24, 2.45) is 0 Å². The highest BCUT2D eigenvalue weighted by molar-refractivity contribution is 7.98. The Morgan fingerprint density at radius 1 is 1.48 bits per heavy atom. The van der Waals surface area contributed by atoms with Crippen LogP contribution in [-0.4, -0.2) is 39.6 Å². The number of anilines is 1. The van der Waals surface area contributed by atoms with Crippen LogP contribution in [0.4, 0.5) is 5.82 Å². The molecule has 1 unspecified atom stereocenters. The van der Waals surface area contributed by atoms with E-state index in [-0.39, 0.29) is 5.91 Å². The molecule has 0 bridgehead atoms. The molecule has 0 radical (unpaired) electrons. The van der Waals surface area contributed by atoms with Crippen molar-refractivity contribution in [3.8, 4) is 0 Å². The average molecular weight is 360 g/mol. The third-order valence-corrected chi connectivity index (χ3v) is 5.11. The fraction of sp³-hybridized carbons (Fsp3) is 0.500. The Labute approximate surface area is 152 Å². The Morgan fingerprint density at radius 3 is 3.08 bits per heavy atom. The van der Waals surface area contributed by atoms with Crippen LogP contribution in [0.1, 0.15) is 48.7 Å². The number of nitrogens with zero attached hydrogens (tertiary/aromatic N) is 3. The second-order valence-corrected chi connectivity index (χ2v) is 6.88. The maximum Gasteiger partial charge on any atom is 0.259 e. The summed E-state index contributed by atoms with van der Waals surface area (Å²) in [6.45, 7) is 3.42. The van der Waals surface area contributed by atoms with E-state index in [9.17, 15) is 4.79 Å². The number of thioether (sulfide) groups is 1. The SMILES string of the molecule is CCC1CCCCN1C(=O)c1cnc(SC)nc1NCc1ccco1. The number of nitrogens with one attached hydrogen (secondary N) is 1. The van der Waals surface area contributed by atoms with Gasteiger partial charge in [0.05, 0.1) is 12.8 Å². The van der Waals surface area contributed by atoms with Crippen LogP contribution >= 0.6 is 11.8 Å². The number of hydrogen-bond acceptors (Lipinski definition) is 6. The van der Waals surface area contributed by atoms with Gasteiger partial charge in [-0.25, -0.2) is 9.97 Å². The number of rotatable bonds is 6. The first-order valence-corrected chi connectivity index (χ1v) is 9.93. The van der Waals surface area contributed by atoms with E-state index in [1.165, 1.54) is 18.2 Å². The Kier molecular flexibility index (Phi) is 5.96. The molecule has 3 rings (SSSR count). The monoisotopic (exact) mass is 360 g/mol. The van der Waals surface area contributed by atoms with Gasteiger partial charge in [0.25, 0.3) is 5.91 Å². The normalized spacial score (nSPS) is 17.5. The second-order valence-electron chi connectivity index (χ2n) is 6.11. The fourth-order valence-corrected chi connectivity index (χ4v) is 3.53. The van der Waals surface area contributed by atoms with Crippen molar-refractivity contribution < 1.29 is 9.21 Å². The van der Waals surface area contributed by atoms with Crippen molar-refractivity contribution in [1.82, 2.24) is 14.9 Å². The van der Waals surface area contributed by atoms with Crippen LogP contribution in [0.15, 0.2) is 34.2 Å². The third kappa shape index (κ3) is 4.15. The maximum atomic E-state index is 13.1. The molecule has 1 aliphatic rings. The van der Waals surface area contributed by atoms with Crippen LogP contribution in [0.2, 0.25) is 0 Å². The van der Waals surface area contributed by atoms with Crippen molar-refractivity contribution in [3.05, 3.63) is 35.9 Å². The number of hydrogen-bond donors (Lipinski definition) is 1. The number of aromatic nitrogens is 2. The number of amides is 1. The molecule has 25 heavy (non-hydrogen) atoms. The molecule has 6 nitrogen and oxygen atoms in total. The van der Waals surface area contributed by atoms with Gasteiger partial charge in [-0.15, -0.1) is 0 Å². The van der Waals surface area contributed by atoms with Crippen LogP contribution in [0.3, 0.4) is 0 Å². The lowest BCUT2D eigenvalue weighted by Crippen LogP contribution is -2.43. The predicted octanol–water partition coefficient (Wildman–Crippen LogP) is 3.81. The van der Waals surface area contributed by atoms with E-state index in [0.717, 1.165) is 31.6 Å². The van der Waals surface area contributed by atoms with Crippen LogP contribution < -0.4 is 5.32 Å². The van der Waals surface area contributed by atoms with Crippen molar-refractivity contribution >= 4 is 23.5 Å². The van der Waals surface area contributed by atoms with Gasteiger partial charge in [-0.3, -0.25) is 4.79 Å². The van der Waals surface area contributed by atoms with Gasteiger partial charge in [-0.2, -0.15) is 0 Å². The van der Waals surface area contributed by atoms with E-state index < -0.39 is 0 Å². The summed E-state index contributed by atoms with van der Waals surface area (Å²) in [7, 11) is 0.